The molecule has 0 atom stereocenters. The summed E-state index contributed by atoms with van der Waals surface area (Å²) in [6, 6.07) is 15.1. The summed E-state index contributed by atoms with van der Waals surface area (Å²) in [6.07, 6.45) is 1.94. The van der Waals surface area contributed by atoms with E-state index in [1.807, 2.05) is 50.2 Å². The molecule has 0 aliphatic carbocycles. The second-order valence-corrected chi connectivity index (χ2v) is 5.21. The average molecular weight is 316 g/mol. The van der Waals surface area contributed by atoms with E-state index in [2.05, 4.69) is 12.2 Å². The second-order valence-electron chi connectivity index (χ2n) is 4.51. The van der Waals surface area contributed by atoms with Crippen LogP contribution < -0.4 is 10.5 Å². The molecule has 2 aromatic carbocycles. The van der Waals surface area contributed by atoms with Crippen molar-refractivity contribution in [1.82, 2.24) is 0 Å². The van der Waals surface area contributed by atoms with E-state index in [-0.39, 0.29) is 5.91 Å². The van der Waals surface area contributed by atoms with Gasteiger partial charge in [-0.25, -0.2) is 0 Å². The third-order valence-corrected chi connectivity index (χ3v) is 3.54. The Balaban J connectivity index is 0.00000116. The molecule has 0 aliphatic rings. The molecule has 0 spiro atoms. The van der Waals surface area contributed by atoms with Gasteiger partial charge >= 0.3 is 0 Å². The number of benzene rings is 2. The van der Waals surface area contributed by atoms with Crippen molar-refractivity contribution >= 4 is 23.5 Å². The summed E-state index contributed by atoms with van der Waals surface area (Å²) in [6.45, 7) is 6.12. The zero-order valence-corrected chi connectivity index (χ0v) is 14.2. The fourth-order valence-electron chi connectivity index (χ4n) is 2.03. The van der Waals surface area contributed by atoms with Crippen molar-refractivity contribution in [2.45, 2.75) is 38.5 Å². The lowest BCUT2D eigenvalue weighted by Gasteiger charge is -2.12. The van der Waals surface area contributed by atoms with Crippen LogP contribution in [0.3, 0.4) is 0 Å². The Kier molecular flexibility index (Phi) is 8.33. The number of hydrogen-bond donors (Lipinski definition) is 2. The Morgan fingerprint density at radius 3 is 2.41 bits per heavy atom. The largest absolute Gasteiger partial charge is 0.322 e. The molecule has 3 N–H and O–H groups in total. The highest BCUT2D eigenvalue weighted by Crippen LogP contribution is 2.23. The Labute approximate surface area is 137 Å². The van der Waals surface area contributed by atoms with E-state index in [0.717, 1.165) is 29.0 Å². The summed E-state index contributed by atoms with van der Waals surface area (Å²) in [5, 5.41) is 8.56. The van der Waals surface area contributed by atoms with E-state index in [0.29, 0.717) is 5.56 Å². The number of nitrogens with one attached hydrogen (secondary N) is 1. The molecule has 0 aromatic heterocycles. The van der Waals surface area contributed by atoms with Crippen LogP contribution >= 0.6 is 11.9 Å². The Hall–Kier alpha value is -1.78. The Morgan fingerprint density at radius 1 is 1.14 bits per heavy atom. The Morgan fingerprint density at radius 2 is 1.82 bits per heavy atom. The molecule has 22 heavy (non-hydrogen) atoms. The molecular weight excluding hydrogens is 292 g/mol. The minimum atomic E-state index is -0.0869. The lowest BCUT2D eigenvalue weighted by molar-refractivity contribution is 0.102. The van der Waals surface area contributed by atoms with Crippen LogP contribution in [0.1, 0.15) is 43.1 Å². The van der Waals surface area contributed by atoms with Gasteiger partial charge in [-0.1, -0.05) is 45.4 Å². The molecule has 0 fully saturated rings. The van der Waals surface area contributed by atoms with Gasteiger partial charge in [0.05, 0.1) is 0 Å². The molecule has 4 heteroatoms. The van der Waals surface area contributed by atoms with E-state index >= 15 is 0 Å². The maximum Gasteiger partial charge on any atom is 0.255 e. The van der Waals surface area contributed by atoms with Gasteiger partial charge < -0.3 is 5.32 Å². The molecule has 3 nitrogen and oxygen atoms in total. The van der Waals surface area contributed by atoms with Crippen LogP contribution in [0.15, 0.2) is 53.4 Å². The summed E-state index contributed by atoms with van der Waals surface area (Å²) >= 11 is 1.22. The van der Waals surface area contributed by atoms with E-state index in [9.17, 15) is 4.79 Å². The van der Waals surface area contributed by atoms with Gasteiger partial charge in [0.25, 0.3) is 5.91 Å². The van der Waals surface area contributed by atoms with Gasteiger partial charge in [0, 0.05) is 16.1 Å². The van der Waals surface area contributed by atoms with Crippen LogP contribution in [0, 0.1) is 0 Å². The molecule has 1 amide bonds. The van der Waals surface area contributed by atoms with Crippen molar-refractivity contribution in [1.29, 1.82) is 0 Å². The van der Waals surface area contributed by atoms with Crippen LogP contribution in [-0.4, -0.2) is 5.91 Å². The molecular formula is C18H24N2OS. The quantitative estimate of drug-likeness (QED) is 0.773. The van der Waals surface area contributed by atoms with Crippen LogP contribution in [-0.2, 0) is 6.42 Å². The van der Waals surface area contributed by atoms with Crippen molar-refractivity contribution in [3.63, 3.8) is 0 Å². The molecule has 0 heterocycles. The minimum absolute atomic E-state index is 0.0869. The minimum Gasteiger partial charge on any atom is -0.322 e. The van der Waals surface area contributed by atoms with Gasteiger partial charge in [-0.2, -0.15) is 0 Å². The monoisotopic (exact) mass is 316 g/mol. The van der Waals surface area contributed by atoms with Gasteiger partial charge in [-0.05, 0) is 54.3 Å². The van der Waals surface area contributed by atoms with Crippen molar-refractivity contribution in [2.75, 3.05) is 5.32 Å². The number of nitrogens with two attached hydrogens (primary N) is 1. The summed E-state index contributed by atoms with van der Waals surface area (Å²) in [4.78, 5) is 13.2. The molecule has 0 radical (unpaired) electrons. The van der Waals surface area contributed by atoms with Crippen LogP contribution in [0.4, 0.5) is 5.69 Å². The lowest BCUT2D eigenvalue weighted by atomic mass is 10.1. The molecule has 0 unspecified atom stereocenters. The summed E-state index contributed by atoms with van der Waals surface area (Å²) in [7, 11) is 0. The molecule has 118 valence electrons. The number of rotatable bonds is 5. The first-order valence-electron chi connectivity index (χ1n) is 7.60. The fraction of sp³-hybridized carbons (Fsp3) is 0.278. The van der Waals surface area contributed by atoms with Crippen molar-refractivity contribution < 1.29 is 4.79 Å². The normalized spacial score (nSPS) is 9.64. The van der Waals surface area contributed by atoms with Gasteiger partial charge in [-0.15, -0.1) is 0 Å². The predicted molar refractivity (Wildman–Crippen MR) is 96.2 cm³/mol. The number of carbonyl (C=O) groups excluding carboxylic acids is 1. The summed E-state index contributed by atoms with van der Waals surface area (Å²) in [5.41, 5.74) is 2.64. The number of carbonyl (C=O) groups is 1. The summed E-state index contributed by atoms with van der Waals surface area (Å²) < 4.78 is 0. The average Bonchev–Trinajstić information content (AvgIpc) is 2.59. The van der Waals surface area contributed by atoms with Crippen LogP contribution in [0.5, 0.6) is 0 Å². The topological polar surface area (TPSA) is 55.1 Å². The first-order chi connectivity index (χ1) is 10.7. The van der Waals surface area contributed by atoms with Gasteiger partial charge in [-0.3, -0.25) is 9.93 Å². The van der Waals surface area contributed by atoms with E-state index < -0.39 is 0 Å². The molecule has 2 rings (SSSR count). The maximum absolute atomic E-state index is 12.2. The van der Waals surface area contributed by atoms with Crippen molar-refractivity contribution in [3.05, 3.63) is 59.7 Å². The van der Waals surface area contributed by atoms with Crippen molar-refractivity contribution in [3.8, 4) is 0 Å². The first kappa shape index (κ1) is 18.3. The standard InChI is InChI=1S/C16H18N2OS.C2H6/c1-2-6-13-11-14(20-17)9-10-15(13)18-16(19)12-7-4-3-5-8-12;1-2/h3-5,7-11H,2,6,17H2,1H3,(H,18,19);1-2H3. The number of anilines is 1. The smallest absolute Gasteiger partial charge is 0.255 e. The number of hydrogen-bond acceptors (Lipinski definition) is 3. The molecule has 0 bridgehead atoms. The van der Waals surface area contributed by atoms with E-state index in [1.165, 1.54) is 11.9 Å². The maximum atomic E-state index is 12.2. The highest BCUT2D eigenvalue weighted by atomic mass is 32.2. The van der Waals surface area contributed by atoms with E-state index in [4.69, 9.17) is 5.14 Å². The molecule has 0 saturated heterocycles. The number of aryl methyl sites for hydroxylation is 1. The zero-order chi connectivity index (χ0) is 16.4. The molecule has 0 saturated carbocycles. The van der Waals surface area contributed by atoms with Crippen LogP contribution in [0.25, 0.3) is 0 Å². The fourth-order valence-corrected chi connectivity index (χ4v) is 2.38. The summed E-state index contributed by atoms with van der Waals surface area (Å²) in [5.74, 6) is -0.0869. The number of amides is 1. The lowest BCUT2D eigenvalue weighted by Crippen LogP contribution is -2.13. The first-order valence-corrected chi connectivity index (χ1v) is 8.48. The van der Waals surface area contributed by atoms with Gasteiger partial charge in [0.1, 0.15) is 0 Å². The van der Waals surface area contributed by atoms with Gasteiger partial charge in [0.2, 0.25) is 0 Å². The highest BCUT2D eigenvalue weighted by Gasteiger charge is 2.09. The third kappa shape index (κ3) is 5.20. The molecule has 2 aromatic rings. The highest BCUT2D eigenvalue weighted by molar-refractivity contribution is 7.97. The second kappa shape index (κ2) is 10.0. The van der Waals surface area contributed by atoms with Crippen LogP contribution in [0.2, 0.25) is 0 Å². The third-order valence-electron chi connectivity index (χ3n) is 3.02. The SMILES string of the molecule is CC.CCCc1cc(SN)ccc1NC(=O)c1ccccc1. The van der Waals surface area contributed by atoms with Gasteiger partial charge in [0.15, 0.2) is 0 Å². The van der Waals surface area contributed by atoms with E-state index in [1.54, 1.807) is 12.1 Å². The van der Waals surface area contributed by atoms with Crippen molar-refractivity contribution in [2.24, 2.45) is 5.14 Å². The predicted octanol–water partition coefficient (Wildman–Crippen LogP) is 4.88. The zero-order valence-electron chi connectivity index (χ0n) is 13.4. The Bertz CT molecular complexity index is 585. The molecule has 0 aliphatic heterocycles.